The van der Waals surface area contributed by atoms with Crippen LogP contribution >= 0.6 is 0 Å². The van der Waals surface area contributed by atoms with Crippen molar-refractivity contribution < 1.29 is 14.4 Å². The van der Waals surface area contributed by atoms with E-state index < -0.39 is 17.3 Å². The van der Waals surface area contributed by atoms with Crippen LogP contribution in [0.3, 0.4) is 0 Å². The highest BCUT2D eigenvalue weighted by Gasteiger charge is 2.66. The Morgan fingerprint density at radius 3 is 2.06 bits per heavy atom. The molecule has 0 N–H and O–H groups in total. The fourth-order valence-corrected chi connectivity index (χ4v) is 6.27. The molecule has 152 valence electrons. The van der Waals surface area contributed by atoms with Gasteiger partial charge in [0.05, 0.1) is 17.5 Å². The second-order valence-electron chi connectivity index (χ2n) is 8.98. The van der Waals surface area contributed by atoms with Crippen molar-refractivity contribution in [3.8, 4) is 0 Å². The van der Waals surface area contributed by atoms with Crippen molar-refractivity contribution in [2.45, 2.75) is 25.2 Å². The third-order valence-electron chi connectivity index (χ3n) is 7.55. The van der Waals surface area contributed by atoms with E-state index in [2.05, 4.69) is 31.2 Å². The van der Waals surface area contributed by atoms with Crippen LogP contribution in [0.25, 0.3) is 0 Å². The molecule has 2 bridgehead atoms. The number of rotatable bonds is 2. The highest BCUT2D eigenvalue weighted by atomic mass is 16.2. The molecule has 3 aromatic rings. The molecule has 4 aliphatic rings. The Bertz CT molecular complexity index is 1260. The van der Waals surface area contributed by atoms with Gasteiger partial charge in [0.2, 0.25) is 11.8 Å². The molecule has 4 nitrogen and oxygen atoms in total. The molecule has 0 aromatic heterocycles. The number of carbonyl (C=O) groups excluding carboxylic acids is 3. The molecule has 3 aliphatic carbocycles. The molecule has 0 radical (unpaired) electrons. The highest BCUT2D eigenvalue weighted by Crippen LogP contribution is 2.64. The normalized spacial score (nSPS) is 27.7. The molecular formula is C27H21NO3. The van der Waals surface area contributed by atoms with E-state index >= 15 is 0 Å². The van der Waals surface area contributed by atoms with Crippen LogP contribution in [0.2, 0.25) is 0 Å². The monoisotopic (exact) mass is 407 g/mol. The fraction of sp³-hybridized carbons (Fsp3) is 0.222. The lowest BCUT2D eigenvalue weighted by atomic mass is 9.48. The van der Waals surface area contributed by atoms with Crippen LogP contribution in [-0.2, 0) is 15.0 Å². The molecule has 0 saturated carbocycles. The molecule has 2 amide bonds. The Balaban J connectivity index is 1.58. The summed E-state index contributed by atoms with van der Waals surface area (Å²) in [5, 5.41) is 0. The summed E-state index contributed by atoms with van der Waals surface area (Å²) in [6.07, 6.45) is 0. The van der Waals surface area contributed by atoms with Gasteiger partial charge in [-0.25, -0.2) is 4.90 Å². The van der Waals surface area contributed by atoms with Crippen LogP contribution in [0, 0.1) is 11.8 Å². The third kappa shape index (κ3) is 2.12. The van der Waals surface area contributed by atoms with E-state index in [9.17, 15) is 14.4 Å². The van der Waals surface area contributed by atoms with Crippen LogP contribution in [0.4, 0.5) is 5.69 Å². The number of amides is 2. The second kappa shape index (κ2) is 6.01. The summed E-state index contributed by atoms with van der Waals surface area (Å²) in [6, 6.07) is 23.3. The van der Waals surface area contributed by atoms with Gasteiger partial charge in [0.15, 0.2) is 5.78 Å². The van der Waals surface area contributed by atoms with Crippen molar-refractivity contribution in [2.75, 3.05) is 4.90 Å². The molecule has 1 aliphatic heterocycles. The SMILES string of the molecule is CC(=O)c1cccc(N2C(=O)[C@H]3C4c5ccccc5C(C)(c5ccccc54)[C@H]3C2=O)c1. The number of hydrogen-bond donors (Lipinski definition) is 0. The molecule has 1 saturated heterocycles. The number of benzene rings is 3. The van der Waals surface area contributed by atoms with Gasteiger partial charge in [-0.15, -0.1) is 0 Å². The summed E-state index contributed by atoms with van der Waals surface area (Å²) in [5.74, 6) is -1.48. The predicted octanol–water partition coefficient (Wildman–Crippen LogP) is 4.46. The summed E-state index contributed by atoms with van der Waals surface area (Å²) >= 11 is 0. The zero-order chi connectivity index (χ0) is 21.5. The fourth-order valence-electron chi connectivity index (χ4n) is 6.27. The summed E-state index contributed by atoms with van der Waals surface area (Å²) in [6.45, 7) is 3.60. The van der Waals surface area contributed by atoms with Gasteiger partial charge in [-0.2, -0.15) is 0 Å². The van der Waals surface area contributed by atoms with Gasteiger partial charge in [-0.1, -0.05) is 67.6 Å². The topological polar surface area (TPSA) is 54.5 Å². The largest absolute Gasteiger partial charge is 0.295 e. The Labute approximate surface area is 180 Å². The summed E-state index contributed by atoms with van der Waals surface area (Å²) in [5.41, 5.74) is 4.96. The van der Waals surface area contributed by atoms with Crippen LogP contribution in [-0.4, -0.2) is 17.6 Å². The lowest BCUT2D eigenvalue weighted by molar-refractivity contribution is -0.123. The van der Waals surface area contributed by atoms with Crippen molar-refractivity contribution in [1.82, 2.24) is 0 Å². The standard InChI is InChI=1S/C27H21NO3/c1-15(29)16-8-7-9-17(14-16)28-25(30)23-22-18-10-3-5-12-20(18)27(2,24(23)26(28)31)21-13-6-4-11-19(21)22/h3-14,22-24H,1-2H3/t22?,23-,24+,27?/m0/s1. The van der Waals surface area contributed by atoms with E-state index in [-0.39, 0.29) is 23.5 Å². The zero-order valence-corrected chi connectivity index (χ0v) is 17.3. The lowest BCUT2D eigenvalue weighted by Gasteiger charge is -2.52. The van der Waals surface area contributed by atoms with E-state index in [1.165, 1.54) is 11.8 Å². The van der Waals surface area contributed by atoms with Crippen LogP contribution in [0.1, 0.15) is 52.4 Å². The minimum Gasteiger partial charge on any atom is -0.295 e. The number of Topliss-reactive ketones (excluding diaryl/α,β-unsaturated/α-hetero) is 1. The first kappa shape index (κ1) is 18.3. The number of anilines is 1. The van der Waals surface area contributed by atoms with Crippen molar-refractivity contribution in [3.63, 3.8) is 0 Å². The minimum absolute atomic E-state index is 0.0924. The lowest BCUT2D eigenvalue weighted by Crippen LogP contribution is -2.51. The van der Waals surface area contributed by atoms with Gasteiger partial charge in [-0.3, -0.25) is 14.4 Å². The smallest absolute Gasteiger partial charge is 0.238 e. The van der Waals surface area contributed by atoms with E-state index in [0.29, 0.717) is 11.3 Å². The zero-order valence-electron chi connectivity index (χ0n) is 17.3. The summed E-state index contributed by atoms with van der Waals surface area (Å²) in [7, 11) is 0. The quantitative estimate of drug-likeness (QED) is 0.466. The number of imide groups is 1. The van der Waals surface area contributed by atoms with Crippen molar-refractivity contribution in [2.24, 2.45) is 11.8 Å². The van der Waals surface area contributed by atoms with Gasteiger partial charge in [-0.05, 0) is 41.3 Å². The predicted molar refractivity (Wildman–Crippen MR) is 117 cm³/mol. The van der Waals surface area contributed by atoms with Crippen molar-refractivity contribution in [1.29, 1.82) is 0 Å². The van der Waals surface area contributed by atoms with E-state index in [1.54, 1.807) is 24.3 Å². The average Bonchev–Trinajstić information content (AvgIpc) is 3.06. The first-order valence-corrected chi connectivity index (χ1v) is 10.6. The molecule has 1 fully saturated rings. The molecule has 0 spiro atoms. The molecule has 31 heavy (non-hydrogen) atoms. The Hall–Kier alpha value is -3.53. The Kier molecular flexibility index (Phi) is 3.54. The van der Waals surface area contributed by atoms with Crippen molar-refractivity contribution >= 4 is 23.3 Å². The number of ketones is 1. The van der Waals surface area contributed by atoms with E-state index in [0.717, 1.165) is 22.3 Å². The minimum atomic E-state index is -0.577. The summed E-state index contributed by atoms with van der Waals surface area (Å²) < 4.78 is 0. The molecule has 1 heterocycles. The Morgan fingerprint density at radius 1 is 0.839 bits per heavy atom. The number of carbonyl (C=O) groups is 3. The second-order valence-corrected chi connectivity index (χ2v) is 8.98. The van der Waals surface area contributed by atoms with Gasteiger partial charge < -0.3 is 0 Å². The summed E-state index contributed by atoms with van der Waals surface area (Å²) in [4.78, 5) is 40.9. The molecule has 0 unspecified atom stereocenters. The Morgan fingerprint density at radius 2 is 1.45 bits per heavy atom. The molecule has 4 heteroatoms. The molecular weight excluding hydrogens is 386 g/mol. The average molecular weight is 407 g/mol. The van der Waals surface area contributed by atoms with E-state index in [4.69, 9.17) is 0 Å². The molecule has 2 atom stereocenters. The molecule has 3 aromatic carbocycles. The highest BCUT2D eigenvalue weighted by molar-refractivity contribution is 6.24. The van der Waals surface area contributed by atoms with Gasteiger partial charge in [0.1, 0.15) is 0 Å². The third-order valence-corrected chi connectivity index (χ3v) is 7.55. The molecule has 7 rings (SSSR count). The van der Waals surface area contributed by atoms with Gasteiger partial charge in [0, 0.05) is 16.9 Å². The number of nitrogens with zero attached hydrogens (tertiary/aromatic N) is 1. The van der Waals surface area contributed by atoms with Gasteiger partial charge in [0.25, 0.3) is 0 Å². The first-order chi connectivity index (χ1) is 14.9. The van der Waals surface area contributed by atoms with Crippen LogP contribution in [0.5, 0.6) is 0 Å². The first-order valence-electron chi connectivity index (χ1n) is 10.6. The number of hydrogen-bond acceptors (Lipinski definition) is 3. The van der Waals surface area contributed by atoms with E-state index in [1.807, 2.05) is 24.3 Å². The van der Waals surface area contributed by atoms with Crippen LogP contribution in [0.15, 0.2) is 72.8 Å². The van der Waals surface area contributed by atoms with Crippen molar-refractivity contribution in [3.05, 3.63) is 101 Å². The van der Waals surface area contributed by atoms with Crippen LogP contribution < -0.4 is 4.90 Å². The maximum Gasteiger partial charge on any atom is 0.238 e. The van der Waals surface area contributed by atoms with Gasteiger partial charge >= 0.3 is 0 Å². The maximum absolute atomic E-state index is 13.9. The maximum atomic E-state index is 13.9.